The van der Waals surface area contributed by atoms with E-state index in [0.29, 0.717) is 26.2 Å². The minimum Gasteiger partial charge on any atom is -0.339 e. The summed E-state index contributed by atoms with van der Waals surface area (Å²) in [4.78, 5) is 28.1. The molecule has 2 heterocycles. The van der Waals surface area contributed by atoms with Gasteiger partial charge in [0, 0.05) is 31.6 Å². The lowest BCUT2D eigenvalue weighted by atomic mass is 9.94. The van der Waals surface area contributed by atoms with E-state index in [4.69, 9.17) is 0 Å². The fourth-order valence-corrected chi connectivity index (χ4v) is 2.30. The Balaban J connectivity index is 1.95. The second-order valence-electron chi connectivity index (χ2n) is 6.30. The number of carbonyl (C=O) groups excluding carboxylic acids is 2. The zero-order chi connectivity index (χ0) is 14.9. The van der Waals surface area contributed by atoms with Gasteiger partial charge in [-0.05, 0) is 0 Å². The second-order valence-corrected chi connectivity index (χ2v) is 6.30. The van der Waals surface area contributed by atoms with Crippen LogP contribution in [-0.2, 0) is 11.8 Å². The van der Waals surface area contributed by atoms with Crippen molar-refractivity contribution in [3.8, 4) is 0 Å². The van der Waals surface area contributed by atoms with Crippen LogP contribution in [0.2, 0.25) is 0 Å². The summed E-state index contributed by atoms with van der Waals surface area (Å²) in [7, 11) is 1.88. The van der Waals surface area contributed by atoms with Gasteiger partial charge in [0.1, 0.15) is 12.4 Å². The van der Waals surface area contributed by atoms with Crippen LogP contribution in [0.1, 0.15) is 20.8 Å². The van der Waals surface area contributed by atoms with E-state index in [1.165, 1.54) is 0 Å². The molecule has 110 valence electrons. The number of hydrogen-bond donors (Lipinski definition) is 0. The number of rotatable bonds is 0. The van der Waals surface area contributed by atoms with Gasteiger partial charge in [-0.3, -0.25) is 4.79 Å². The van der Waals surface area contributed by atoms with Crippen molar-refractivity contribution < 1.29 is 14.2 Å². The molecule has 0 saturated carbocycles. The van der Waals surface area contributed by atoms with Crippen LogP contribution in [0.4, 0.5) is 4.79 Å². The van der Waals surface area contributed by atoms with Crippen molar-refractivity contribution >= 4 is 11.9 Å². The van der Waals surface area contributed by atoms with E-state index >= 15 is 0 Å². The summed E-state index contributed by atoms with van der Waals surface area (Å²) in [5.41, 5.74) is -0.361. The van der Waals surface area contributed by atoms with Crippen LogP contribution >= 0.6 is 0 Å². The van der Waals surface area contributed by atoms with Crippen LogP contribution < -0.4 is 4.57 Å². The number of piperazine rings is 1. The maximum atomic E-state index is 12.3. The van der Waals surface area contributed by atoms with Crippen molar-refractivity contribution in [2.24, 2.45) is 12.5 Å². The van der Waals surface area contributed by atoms with Crippen LogP contribution in [0, 0.1) is 5.41 Å². The first kappa shape index (κ1) is 14.6. The molecule has 0 unspecified atom stereocenters. The Labute approximate surface area is 119 Å². The molecule has 0 atom stereocenters. The summed E-state index contributed by atoms with van der Waals surface area (Å²) in [6.07, 6.45) is 5.32. The maximum absolute atomic E-state index is 12.3. The summed E-state index contributed by atoms with van der Waals surface area (Å²) in [5, 5.41) is 0. The highest BCUT2D eigenvalue weighted by Crippen LogP contribution is 2.18. The maximum Gasteiger partial charge on any atom is 0.415 e. The largest absolute Gasteiger partial charge is 0.415 e. The van der Waals surface area contributed by atoms with E-state index in [0.717, 1.165) is 0 Å². The van der Waals surface area contributed by atoms with E-state index in [1.807, 2.05) is 43.5 Å². The molecule has 0 aliphatic carbocycles. The molecule has 20 heavy (non-hydrogen) atoms. The molecule has 1 fully saturated rings. The Morgan fingerprint density at radius 3 is 2.05 bits per heavy atom. The molecule has 1 aromatic heterocycles. The second kappa shape index (κ2) is 5.26. The third-order valence-corrected chi connectivity index (χ3v) is 3.47. The Morgan fingerprint density at radius 1 is 1.05 bits per heavy atom. The van der Waals surface area contributed by atoms with Gasteiger partial charge in [0.05, 0.1) is 7.05 Å². The van der Waals surface area contributed by atoms with Crippen LogP contribution in [0.3, 0.4) is 0 Å². The summed E-state index contributed by atoms with van der Waals surface area (Å²) in [6.45, 7) is 8.15. The smallest absolute Gasteiger partial charge is 0.339 e. The van der Waals surface area contributed by atoms with Crippen LogP contribution in [0.5, 0.6) is 0 Å². The highest BCUT2D eigenvalue weighted by atomic mass is 16.2. The first-order chi connectivity index (χ1) is 9.29. The van der Waals surface area contributed by atoms with E-state index in [2.05, 4.69) is 0 Å². The van der Waals surface area contributed by atoms with Gasteiger partial charge in [0.2, 0.25) is 5.91 Å². The van der Waals surface area contributed by atoms with Gasteiger partial charge in [-0.15, -0.1) is 0 Å². The minimum atomic E-state index is -0.361. The predicted molar refractivity (Wildman–Crippen MR) is 74.0 cm³/mol. The van der Waals surface area contributed by atoms with E-state index in [-0.39, 0.29) is 17.4 Å². The molecule has 0 spiro atoms. The van der Waals surface area contributed by atoms with Gasteiger partial charge < -0.3 is 9.80 Å². The lowest BCUT2D eigenvalue weighted by Gasteiger charge is -2.36. The quantitative estimate of drug-likeness (QED) is 0.648. The lowest BCUT2D eigenvalue weighted by molar-refractivity contribution is -0.670. The number of nitrogens with zero attached hydrogens (tertiary/aromatic N) is 4. The van der Waals surface area contributed by atoms with E-state index < -0.39 is 0 Å². The Morgan fingerprint density at radius 2 is 1.60 bits per heavy atom. The molecule has 0 aromatic carbocycles. The zero-order valence-electron chi connectivity index (χ0n) is 12.7. The van der Waals surface area contributed by atoms with Gasteiger partial charge >= 0.3 is 6.03 Å². The van der Waals surface area contributed by atoms with E-state index in [9.17, 15) is 9.59 Å². The molecule has 2 amide bonds. The number of aryl methyl sites for hydroxylation is 1. The fraction of sp³-hybridized carbons (Fsp3) is 0.643. The number of hydrogen-bond acceptors (Lipinski definition) is 2. The predicted octanol–water partition coefficient (Wildman–Crippen LogP) is 0.471. The molecule has 6 heteroatoms. The highest BCUT2D eigenvalue weighted by Gasteiger charge is 2.32. The van der Waals surface area contributed by atoms with Crippen LogP contribution in [-0.4, -0.2) is 52.5 Å². The third kappa shape index (κ3) is 3.00. The van der Waals surface area contributed by atoms with Gasteiger partial charge in [0.25, 0.3) is 6.33 Å². The third-order valence-electron chi connectivity index (χ3n) is 3.47. The number of aromatic nitrogens is 2. The van der Waals surface area contributed by atoms with Crippen molar-refractivity contribution in [2.75, 3.05) is 26.2 Å². The van der Waals surface area contributed by atoms with E-state index in [1.54, 1.807) is 22.0 Å². The first-order valence-electron chi connectivity index (χ1n) is 6.91. The topological polar surface area (TPSA) is 49.4 Å². The summed E-state index contributed by atoms with van der Waals surface area (Å²) >= 11 is 0. The Bertz CT molecular complexity index is 507. The van der Waals surface area contributed by atoms with Gasteiger partial charge in [-0.1, -0.05) is 20.8 Å². The van der Waals surface area contributed by atoms with Crippen molar-refractivity contribution in [3.63, 3.8) is 0 Å². The Hall–Kier alpha value is -1.85. The molecule has 1 aromatic rings. The van der Waals surface area contributed by atoms with Crippen molar-refractivity contribution in [1.82, 2.24) is 14.4 Å². The summed E-state index contributed by atoms with van der Waals surface area (Å²) < 4.78 is 3.40. The van der Waals surface area contributed by atoms with Gasteiger partial charge in [-0.2, -0.15) is 4.57 Å². The molecule has 1 aliphatic rings. The van der Waals surface area contributed by atoms with Crippen molar-refractivity contribution in [2.45, 2.75) is 20.8 Å². The molecule has 6 nitrogen and oxygen atoms in total. The average Bonchev–Trinajstić information content (AvgIpc) is 2.83. The number of carbonyl (C=O) groups is 2. The lowest BCUT2D eigenvalue weighted by Crippen LogP contribution is -2.53. The zero-order valence-corrected chi connectivity index (χ0v) is 12.7. The molecule has 0 bridgehead atoms. The molecule has 0 radical (unpaired) electrons. The monoisotopic (exact) mass is 279 g/mol. The average molecular weight is 279 g/mol. The Kier molecular flexibility index (Phi) is 3.83. The highest BCUT2D eigenvalue weighted by molar-refractivity contribution is 5.82. The molecular formula is C14H23N4O2+. The van der Waals surface area contributed by atoms with Crippen molar-refractivity contribution in [1.29, 1.82) is 0 Å². The molecule has 2 rings (SSSR count). The normalized spacial score (nSPS) is 16.4. The standard InChI is InChI=1S/C14H23N4O2/c1-14(2,3)12(19)16-7-9-17(10-8-16)13(20)18-6-5-15(4)11-18/h5-6,11H,7-10H2,1-4H3/q+1. The van der Waals surface area contributed by atoms with Crippen LogP contribution in [0.15, 0.2) is 18.7 Å². The number of imidazole rings is 1. The first-order valence-corrected chi connectivity index (χ1v) is 6.91. The minimum absolute atomic E-state index is 0.0338. The summed E-state index contributed by atoms with van der Waals surface area (Å²) in [5.74, 6) is 0.150. The molecule has 1 aliphatic heterocycles. The van der Waals surface area contributed by atoms with Crippen LogP contribution in [0.25, 0.3) is 0 Å². The SMILES string of the molecule is C[n+]1ccn(C(=O)N2CCN(C(=O)C(C)(C)C)CC2)c1. The number of amides is 2. The molecular weight excluding hydrogens is 256 g/mol. The fourth-order valence-electron chi connectivity index (χ4n) is 2.30. The van der Waals surface area contributed by atoms with Gasteiger partial charge in [-0.25, -0.2) is 9.36 Å². The van der Waals surface area contributed by atoms with Crippen molar-refractivity contribution in [3.05, 3.63) is 18.7 Å². The molecule has 1 saturated heterocycles. The van der Waals surface area contributed by atoms with Gasteiger partial charge in [0.15, 0.2) is 0 Å². The summed E-state index contributed by atoms with van der Waals surface area (Å²) in [6, 6.07) is -0.0338. The molecule has 0 N–H and O–H groups in total.